The van der Waals surface area contributed by atoms with Crippen LogP contribution in [-0.2, 0) is 27.3 Å². The van der Waals surface area contributed by atoms with Crippen LogP contribution in [0, 0.1) is 0 Å². The Morgan fingerprint density at radius 3 is 2.59 bits per heavy atom. The van der Waals surface area contributed by atoms with Gasteiger partial charge in [0.15, 0.2) is 0 Å². The number of nitrogens with one attached hydrogen (secondary N) is 2. The van der Waals surface area contributed by atoms with Crippen molar-refractivity contribution in [2.75, 3.05) is 7.11 Å². The zero-order valence-electron chi connectivity index (χ0n) is 15.1. The van der Waals surface area contributed by atoms with Crippen LogP contribution < -0.4 is 5.32 Å². The molecule has 0 radical (unpaired) electrons. The van der Waals surface area contributed by atoms with Crippen LogP contribution in [0.5, 0.6) is 0 Å². The lowest BCUT2D eigenvalue weighted by Crippen LogP contribution is -2.38. The number of carbonyl (C=O) groups is 2. The summed E-state index contributed by atoms with van der Waals surface area (Å²) in [6.45, 7) is 0.171. The van der Waals surface area contributed by atoms with Gasteiger partial charge in [0.2, 0.25) is 0 Å². The molecule has 1 heterocycles. The van der Waals surface area contributed by atoms with Crippen molar-refractivity contribution in [3.63, 3.8) is 0 Å². The van der Waals surface area contributed by atoms with E-state index in [4.69, 9.17) is 9.47 Å². The molecule has 0 aliphatic rings. The average molecular weight is 366 g/mol. The van der Waals surface area contributed by atoms with E-state index in [0.29, 0.717) is 6.42 Å². The maximum atomic E-state index is 12.2. The number of amides is 1. The van der Waals surface area contributed by atoms with Crippen LogP contribution in [0.4, 0.5) is 4.79 Å². The van der Waals surface area contributed by atoms with E-state index in [-0.39, 0.29) is 19.0 Å². The topological polar surface area (TPSA) is 80.4 Å². The Balaban J connectivity index is 1.65. The first-order chi connectivity index (χ1) is 13.2. The first-order valence-corrected chi connectivity index (χ1v) is 8.74. The summed E-state index contributed by atoms with van der Waals surface area (Å²) in [5.41, 5.74) is 2.92. The summed E-state index contributed by atoms with van der Waals surface area (Å²) in [7, 11) is 1.33. The highest BCUT2D eigenvalue weighted by Crippen LogP contribution is 2.20. The van der Waals surface area contributed by atoms with Crippen LogP contribution in [-0.4, -0.2) is 30.2 Å². The van der Waals surface area contributed by atoms with E-state index in [1.54, 1.807) is 0 Å². The predicted molar refractivity (Wildman–Crippen MR) is 102 cm³/mol. The fourth-order valence-corrected chi connectivity index (χ4v) is 2.96. The van der Waals surface area contributed by atoms with Crippen LogP contribution in [0.2, 0.25) is 0 Å². The molecular formula is C21H22N2O4. The summed E-state index contributed by atoms with van der Waals surface area (Å²) in [5.74, 6) is -0.386. The molecule has 27 heavy (non-hydrogen) atoms. The number of para-hydroxylation sites is 1. The second-order valence-electron chi connectivity index (χ2n) is 6.25. The van der Waals surface area contributed by atoms with Gasteiger partial charge in [-0.3, -0.25) is 4.79 Å². The Kier molecular flexibility index (Phi) is 6.10. The number of rotatable bonds is 7. The SMILES string of the molecule is COC(=O)C[C@H](Cc1c[nH]c2ccccc12)NC(=O)OCc1ccccc1. The van der Waals surface area contributed by atoms with E-state index < -0.39 is 12.1 Å². The van der Waals surface area contributed by atoms with Gasteiger partial charge in [0, 0.05) is 23.1 Å². The van der Waals surface area contributed by atoms with E-state index in [2.05, 4.69) is 10.3 Å². The van der Waals surface area contributed by atoms with Gasteiger partial charge in [0.25, 0.3) is 0 Å². The van der Waals surface area contributed by atoms with Crippen molar-refractivity contribution in [1.82, 2.24) is 10.3 Å². The largest absolute Gasteiger partial charge is 0.469 e. The van der Waals surface area contributed by atoms with Crippen molar-refractivity contribution >= 4 is 23.0 Å². The van der Waals surface area contributed by atoms with Crippen molar-refractivity contribution < 1.29 is 19.1 Å². The van der Waals surface area contributed by atoms with Gasteiger partial charge in [-0.2, -0.15) is 0 Å². The average Bonchev–Trinajstić information content (AvgIpc) is 3.10. The molecule has 0 saturated carbocycles. The van der Waals surface area contributed by atoms with E-state index in [1.165, 1.54) is 7.11 Å². The van der Waals surface area contributed by atoms with Crippen LogP contribution in [0.3, 0.4) is 0 Å². The lowest BCUT2D eigenvalue weighted by Gasteiger charge is -2.17. The molecule has 1 amide bonds. The second-order valence-corrected chi connectivity index (χ2v) is 6.25. The Labute approximate surface area is 157 Å². The van der Waals surface area contributed by atoms with Crippen LogP contribution in [0.15, 0.2) is 60.8 Å². The van der Waals surface area contributed by atoms with Gasteiger partial charge in [-0.15, -0.1) is 0 Å². The summed E-state index contributed by atoms with van der Waals surface area (Å²) in [6, 6.07) is 16.9. The number of hydrogen-bond acceptors (Lipinski definition) is 4. The summed E-state index contributed by atoms with van der Waals surface area (Å²) in [4.78, 5) is 27.1. The number of esters is 1. The maximum absolute atomic E-state index is 12.2. The molecule has 0 fully saturated rings. The van der Waals surface area contributed by atoms with Gasteiger partial charge in [-0.1, -0.05) is 48.5 Å². The molecule has 0 bridgehead atoms. The number of methoxy groups -OCH3 is 1. The normalized spacial score (nSPS) is 11.7. The van der Waals surface area contributed by atoms with E-state index in [0.717, 1.165) is 22.0 Å². The quantitative estimate of drug-likeness (QED) is 0.627. The third kappa shape index (κ3) is 5.10. The Morgan fingerprint density at radius 1 is 1.07 bits per heavy atom. The van der Waals surface area contributed by atoms with Crippen LogP contribution >= 0.6 is 0 Å². The Bertz CT molecular complexity index is 905. The number of fused-ring (bicyclic) bond motifs is 1. The van der Waals surface area contributed by atoms with Gasteiger partial charge in [-0.05, 0) is 23.6 Å². The monoisotopic (exact) mass is 366 g/mol. The molecule has 0 aliphatic heterocycles. The van der Waals surface area contributed by atoms with Gasteiger partial charge in [-0.25, -0.2) is 4.79 Å². The molecule has 0 unspecified atom stereocenters. The van der Waals surface area contributed by atoms with Crippen molar-refractivity contribution in [3.05, 3.63) is 71.9 Å². The molecule has 1 aromatic heterocycles. The zero-order chi connectivity index (χ0) is 19.1. The Morgan fingerprint density at radius 2 is 1.81 bits per heavy atom. The summed E-state index contributed by atoms with van der Waals surface area (Å²) in [5, 5.41) is 3.84. The number of hydrogen-bond donors (Lipinski definition) is 2. The van der Waals surface area contributed by atoms with Crippen molar-refractivity contribution in [2.45, 2.75) is 25.5 Å². The van der Waals surface area contributed by atoms with Gasteiger partial charge >= 0.3 is 12.1 Å². The minimum Gasteiger partial charge on any atom is -0.469 e. The fourth-order valence-electron chi connectivity index (χ4n) is 2.96. The van der Waals surface area contributed by atoms with Crippen LogP contribution in [0.1, 0.15) is 17.5 Å². The number of carbonyl (C=O) groups excluding carboxylic acids is 2. The van der Waals surface area contributed by atoms with Crippen LogP contribution in [0.25, 0.3) is 10.9 Å². The van der Waals surface area contributed by atoms with Gasteiger partial charge in [0.1, 0.15) is 6.61 Å². The predicted octanol–water partition coefficient (Wildman–Crippen LogP) is 3.57. The molecule has 2 aromatic carbocycles. The standard InChI is InChI=1S/C21H22N2O4/c1-26-20(24)12-17(11-16-13-22-19-10-6-5-9-18(16)19)23-21(25)27-14-15-7-3-2-4-8-15/h2-10,13,17,22H,11-12,14H2,1H3,(H,23,25)/t17-/m0/s1. The number of ether oxygens (including phenoxy) is 2. The number of H-pyrrole nitrogens is 1. The number of aromatic nitrogens is 1. The molecule has 0 saturated heterocycles. The van der Waals surface area contributed by atoms with Crippen molar-refractivity contribution in [3.8, 4) is 0 Å². The van der Waals surface area contributed by atoms with Gasteiger partial charge < -0.3 is 19.8 Å². The minimum atomic E-state index is -0.562. The highest BCUT2D eigenvalue weighted by atomic mass is 16.5. The van der Waals surface area contributed by atoms with E-state index in [1.807, 2.05) is 60.8 Å². The summed E-state index contributed by atoms with van der Waals surface area (Å²) < 4.78 is 10.0. The number of alkyl carbamates (subject to hydrolysis) is 1. The lowest BCUT2D eigenvalue weighted by molar-refractivity contribution is -0.141. The molecule has 0 aliphatic carbocycles. The third-order valence-electron chi connectivity index (χ3n) is 4.32. The molecule has 0 spiro atoms. The third-order valence-corrected chi connectivity index (χ3v) is 4.32. The highest BCUT2D eigenvalue weighted by Gasteiger charge is 2.20. The first kappa shape index (κ1) is 18.5. The maximum Gasteiger partial charge on any atom is 0.407 e. The lowest BCUT2D eigenvalue weighted by atomic mass is 10.0. The van der Waals surface area contributed by atoms with Gasteiger partial charge in [0.05, 0.1) is 13.5 Å². The molecule has 2 N–H and O–H groups in total. The smallest absolute Gasteiger partial charge is 0.407 e. The second kappa shape index (κ2) is 8.89. The zero-order valence-corrected chi connectivity index (χ0v) is 15.1. The molecule has 3 aromatic rings. The first-order valence-electron chi connectivity index (χ1n) is 8.74. The molecule has 6 nitrogen and oxygen atoms in total. The minimum absolute atomic E-state index is 0.0659. The van der Waals surface area contributed by atoms with E-state index in [9.17, 15) is 9.59 Å². The summed E-state index contributed by atoms with van der Waals surface area (Å²) >= 11 is 0. The molecule has 1 atom stereocenters. The Hall–Kier alpha value is -3.28. The summed E-state index contributed by atoms with van der Waals surface area (Å²) in [6.07, 6.45) is 1.88. The van der Waals surface area contributed by atoms with Crippen molar-refractivity contribution in [2.24, 2.45) is 0 Å². The number of benzene rings is 2. The van der Waals surface area contributed by atoms with E-state index >= 15 is 0 Å². The number of aromatic amines is 1. The van der Waals surface area contributed by atoms with Crippen molar-refractivity contribution in [1.29, 1.82) is 0 Å². The highest BCUT2D eigenvalue weighted by molar-refractivity contribution is 5.83. The molecule has 140 valence electrons. The molecular weight excluding hydrogens is 344 g/mol. The molecule has 6 heteroatoms. The fraction of sp³-hybridized carbons (Fsp3) is 0.238. The molecule has 3 rings (SSSR count).